The van der Waals surface area contributed by atoms with Gasteiger partial charge in [0.1, 0.15) is 5.78 Å². The van der Waals surface area contributed by atoms with Crippen molar-refractivity contribution in [2.75, 3.05) is 0 Å². The van der Waals surface area contributed by atoms with Crippen molar-refractivity contribution in [3.63, 3.8) is 0 Å². The first-order valence-electron chi connectivity index (χ1n) is 12.4. The van der Waals surface area contributed by atoms with Gasteiger partial charge in [-0.3, -0.25) is 9.59 Å². The molecule has 172 valence electrons. The second-order valence-corrected chi connectivity index (χ2v) is 9.97. The van der Waals surface area contributed by atoms with E-state index < -0.39 is 5.60 Å². The number of Topliss-reactive ketones (excluding diaryl/α,β-unsaturated/α-hetero) is 1. The number of carbonyl (C=O) groups is 2. The van der Waals surface area contributed by atoms with Crippen LogP contribution in [0.3, 0.4) is 0 Å². The molecule has 0 saturated heterocycles. The van der Waals surface area contributed by atoms with Gasteiger partial charge in [-0.2, -0.15) is 0 Å². The molecule has 4 nitrogen and oxygen atoms in total. The summed E-state index contributed by atoms with van der Waals surface area (Å²) in [5, 5.41) is 11.1. The molecule has 0 heterocycles. The van der Waals surface area contributed by atoms with Crippen LogP contribution in [0.5, 0.6) is 0 Å². The second-order valence-electron chi connectivity index (χ2n) is 9.97. The molecule has 2 rings (SSSR count). The number of ether oxygens (including phenoxy) is 1. The first-order valence-corrected chi connectivity index (χ1v) is 12.4. The van der Waals surface area contributed by atoms with E-state index in [0.29, 0.717) is 30.5 Å². The summed E-state index contributed by atoms with van der Waals surface area (Å²) in [5.74, 6) is 1.21. The molecular formula is C26H44O4. The van der Waals surface area contributed by atoms with E-state index >= 15 is 0 Å². The van der Waals surface area contributed by atoms with E-state index in [1.807, 2.05) is 13.8 Å². The second kappa shape index (κ2) is 12.6. The number of esters is 1. The third kappa shape index (κ3) is 8.17. The molecule has 0 spiro atoms. The Kier molecular flexibility index (Phi) is 10.6. The van der Waals surface area contributed by atoms with Crippen LogP contribution in [0.25, 0.3) is 0 Å². The molecule has 0 amide bonds. The van der Waals surface area contributed by atoms with Crippen molar-refractivity contribution in [2.45, 2.75) is 122 Å². The van der Waals surface area contributed by atoms with Gasteiger partial charge < -0.3 is 9.84 Å². The van der Waals surface area contributed by atoms with E-state index in [-0.39, 0.29) is 18.0 Å². The van der Waals surface area contributed by atoms with Gasteiger partial charge in [-0.15, -0.1) is 0 Å². The molecule has 4 atom stereocenters. The van der Waals surface area contributed by atoms with Crippen LogP contribution in [0, 0.1) is 17.8 Å². The van der Waals surface area contributed by atoms with Crippen molar-refractivity contribution in [1.29, 1.82) is 0 Å². The number of rotatable bonds is 13. The van der Waals surface area contributed by atoms with E-state index in [4.69, 9.17) is 4.74 Å². The van der Waals surface area contributed by atoms with Gasteiger partial charge in [-0.25, -0.2) is 0 Å². The summed E-state index contributed by atoms with van der Waals surface area (Å²) in [6.45, 7) is 5.95. The van der Waals surface area contributed by atoms with Crippen molar-refractivity contribution in [1.82, 2.24) is 0 Å². The van der Waals surface area contributed by atoms with Crippen molar-refractivity contribution >= 4 is 11.8 Å². The number of fused-ring (bicyclic) bond motifs is 1. The molecule has 0 unspecified atom stereocenters. The van der Waals surface area contributed by atoms with Gasteiger partial charge in [0.25, 0.3) is 0 Å². The van der Waals surface area contributed by atoms with Gasteiger partial charge in [0, 0.05) is 18.8 Å². The fourth-order valence-electron chi connectivity index (χ4n) is 5.45. The Bertz CT molecular complexity index is 567. The van der Waals surface area contributed by atoms with Crippen LogP contribution >= 0.6 is 0 Å². The lowest BCUT2D eigenvalue weighted by Gasteiger charge is -2.40. The van der Waals surface area contributed by atoms with E-state index in [1.54, 1.807) is 0 Å². The Labute approximate surface area is 183 Å². The Balaban J connectivity index is 1.70. The molecule has 0 radical (unpaired) electrons. The van der Waals surface area contributed by atoms with E-state index in [1.165, 1.54) is 25.7 Å². The first kappa shape index (κ1) is 25.1. The number of hydrogen-bond acceptors (Lipinski definition) is 4. The molecule has 2 saturated carbocycles. The van der Waals surface area contributed by atoms with Crippen molar-refractivity contribution < 1.29 is 19.4 Å². The number of carbonyl (C=O) groups excluding carboxylic acids is 2. The highest BCUT2D eigenvalue weighted by Crippen LogP contribution is 2.49. The lowest BCUT2D eigenvalue weighted by molar-refractivity contribution is -0.147. The number of allylic oxidation sites excluding steroid dienone is 2. The number of aliphatic hydroxyl groups is 1. The summed E-state index contributed by atoms with van der Waals surface area (Å²) >= 11 is 0. The van der Waals surface area contributed by atoms with Gasteiger partial charge in [-0.1, -0.05) is 51.2 Å². The van der Waals surface area contributed by atoms with Crippen LogP contribution in [-0.2, 0) is 14.3 Å². The maximum atomic E-state index is 12.6. The summed E-state index contributed by atoms with van der Waals surface area (Å²) in [6, 6.07) is 0. The van der Waals surface area contributed by atoms with Crippen molar-refractivity contribution in [2.24, 2.45) is 17.8 Å². The minimum absolute atomic E-state index is 0.0522. The average molecular weight is 421 g/mol. The molecule has 30 heavy (non-hydrogen) atoms. The number of ketones is 1. The molecule has 0 aromatic heterocycles. The maximum absolute atomic E-state index is 12.6. The van der Waals surface area contributed by atoms with Crippen molar-refractivity contribution in [3.05, 3.63) is 12.2 Å². The zero-order valence-electron chi connectivity index (χ0n) is 19.5. The van der Waals surface area contributed by atoms with Crippen LogP contribution in [0.4, 0.5) is 0 Å². The minimum atomic E-state index is -0.539. The fraction of sp³-hybridized carbons (Fsp3) is 0.846. The van der Waals surface area contributed by atoms with Crippen LogP contribution in [0.2, 0.25) is 0 Å². The minimum Gasteiger partial charge on any atom is -0.463 e. The molecule has 0 aromatic rings. The molecule has 0 aromatic carbocycles. The average Bonchev–Trinajstić information content (AvgIpc) is 2.97. The predicted molar refractivity (Wildman–Crippen MR) is 121 cm³/mol. The molecule has 2 aliphatic carbocycles. The largest absolute Gasteiger partial charge is 0.463 e. The molecular weight excluding hydrogens is 376 g/mol. The van der Waals surface area contributed by atoms with Crippen molar-refractivity contribution in [3.8, 4) is 0 Å². The van der Waals surface area contributed by atoms with Crippen LogP contribution in [-0.4, -0.2) is 28.6 Å². The predicted octanol–water partition coefficient (Wildman–Crippen LogP) is 6.15. The highest BCUT2D eigenvalue weighted by Gasteiger charge is 2.48. The highest BCUT2D eigenvalue weighted by molar-refractivity contribution is 5.84. The topological polar surface area (TPSA) is 63.6 Å². The van der Waals surface area contributed by atoms with Crippen LogP contribution in [0.1, 0.15) is 111 Å². The molecule has 2 fully saturated rings. The lowest BCUT2D eigenvalue weighted by Crippen LogP contribution is -2.38. The maximum Gasteiger partial charge on any atom is 0.306 e. The van der Waals surface area contributed by atoms with Gasteiger partial charge in [-0.05, 0) is 70.6 Å². The number of hydrogen-bond donors (Lipinski definition) is 1. The van der Waals surface area contributed by atoms with Crippen LogP contribution in [0.15, 0.2) is 12.2 Å². The van der Waals surface area contributed by atoms with E-state index in [2.05, 4.69) is 19.1 Å². The Morgan fingerprint density at radius 1 is 1.20 bits per heavy atom. The van der Waals surface area contributed by atoms with Gasteiger partial charge in [0.15, 0.2) is 0 Å². The first-order chi connectivity index (χ1) is 14.3. The zero-order valence-corrected chi connectivity index (χ0v) is 19.5. The Morgan fingerprint density at radius 2 is 1.97 bits per heavy atom. The Morgan fingerprint density at radius 3 is 2.70 bits per heavy atom. The smallest absolute Gasteiger partial charge is 0.306 e. The molecule has 0 aliphatic heterocycles. The molecule has 0 bridgehead atoms. The third-order valence-electron chi connectivity index (χ3n) is 7.01. The fourth-order valence-corrected chi connectivity index (χ4v) is 5.45. The van der Waals surface area contributed by atoms with Gasteiger partial charge in [0.05, 0.1) is 11.7 Å². The zero-order chi connectivity index (χ0) is 22.0. The molecule has 4 heteroatoms. The standard InChI is InChI=1S/C26H44O4/c1-4-5-6-9-12-16-26(29)17-15-22-21(19-26)18-24(27)23(22)13-10-7-8-11-14-25(28)30-20(2)3/h7,10,20-23,29H,4-6,8-9,11-19H2,1-3H3/t21-,22-,23+,26-/m0/s1. The highest BCUT2D eigenvalue weighted by atomic mass is 16.5. The monoisotopic (exact) mass is 420 g/mol. The summed E-state index contributed by atoms with van der Waals surface area (Å²) < 4.78 is 5.14. The molecule has 2 aliphatic rings. The summed E-state index contributed by atoms with van der Waals surface area (Å²) in [6.07, 6.45) is 17.4. The quantitative estimate of drug-likeness (QED) is 0.220. The van der Waals surface area contributed by atoms with Gasteiger partial charge in [0.2, 0.25) is 0 Å². The summed E-state index contributed by atoms with van der Waals surface area (Å²) in [5.41, 5.74) is -0.539. The lowest BCUT2D eigenvalue weighted by atomic mass is 9.69. The van der Waals surface area contributed by atoms with E-state index in [0.717, 1.165) is 51.4 Å². The van der Waals surface area contributed by atoms with E-state index in [9.17, 15) is 14.7 Å². The Hall–Kier alpha value is -1.16. The summed E-state index contributed by atoms with van der Waals surface area (Å²) in [7, 11) is 0. The SMILES string of the molecule is CCCCCCC[C@]1(O)CC[C@H]2[C@@H](CC(=O)[C@@H]2CC=CCCCC(=O)OC(C)C)C1. The third-order valence-corrected chi connectivity index (χ3v) is 7.01. The molecule has 1 N–H and O–H groups in total. The van der Waals surface area contributed by atoms with Gasteiger partial charge >= 0.3 is 5.97 Å². The normalized spacial score (nSPS) is 29.0. The summed E-state index contributed by atoms with van der Waals surface area (Å²) in [4.78, 5) is 24.2. The number of unbranched alkanes of at least 4 members (excludes halogenated alkanes) is 5. The van der Waals surface area contributed by atoms with Crippen LogP contribution < -0.4 is 0 Å².